The Hall–Kier alpha value is -2.69. The lowest BCUT2D eigenvalue weighted by molar-refractivity contribution is -0.114. The van der Waals surface area contributed by atoms with Crippen LogP contribution in [0.15, 0.2) is 42.5 Å². The summed E-state index contributed by atoms with van der Waals surface area (Å²) in [5.74, 6) is 1.37. The van der Waals surface area contributed by atoms with E-state index in [2.05, 4.69) is 10.6 Å². The van der Waals surface area contributed by atoms with Crippen LogP contribution in [0.25, 0.3) is 0 Å². The number of nitrogens with one attached hydrogen (secondary N) is 2. The Balaban J connectivity index is 1.91. The van der Waals surface area contributed by atoms with E-state index in [4.69, 9.17) is 9.47 Å². The molecule has 0 radical (unpaired) electrons. The second kappa shape index (κ2) is 8.08. The third kappa shape index (κ3) is 4.92. The van der Waals surface area contributed by atoms with Gasteiger partial charge in [-0.15, -0.1) is 0 Å². The lowest BCUT2D eigenvalue weighted by atomic mass is 10.2. The summed E-state index contributed by atoms with van der Waals surface area (Å²) in [7, 11) is 1.61. The molecule has 2 rings (SSSR count). The Morgan fingerprint density at radius 3 is 2.52 bits per heavy atom. The fourth-order valence-corrected chi connectivity index (χ4v) is 2.14. The van der Waals surface area contributed by atoms with Crippen LogP contribution in [0, 0.1) is 6.92 Å². The zero-order valence-corrected chi connectivity index (χ0v) is 13.7. The van der Waals surface area contributed by atoms with Crippen molar-refractivity contribution < 1.29 is 14.3 Å². The average molecular weight is 314 g/mol. The van der Waals surface area contributed by atoms with Gasteiger partial charge < -0.3 is 20.1 Å². The van der Waals surface area contributed by atoms with E-state index in [1.807, 2.05) is 56.3 Å². The number of rotatable bonds is 7. The smallest absolute Gasteiger partial charge is 0.243 e. The maximum atomic E-state index is 12.0. The summed E-state index contributed by atoms with van der Waals surface area (Å²) in [4.78, 5) is 12.0. The number of carbonyl (C=O) groups excluding carboxylic acids is 1. The molecule has 0 aromatic heterocycles. The Bertz CT molecular complexity index is 654. The van der Waals surface area contributed by atoms with Crippen LogP contribution >= 0.6 is 0 Å². The number of methoxy groups -OCH3 is 1. The summed E-state index contributed by atoms with van der Waals surface area (Å²) < 4.78 is 10.6. The van der Waals surface area contributed by atoms with E-state index in [1.165, 1.54) is 0 Å². The minimum Gasteiger partial charge on any atom is -0.495 e. The van der Waals surface area contributed by atoms with Crippen LogP contribution in [0.3, 0.4) is 0 Å². The molecule has 0 saturated carbocycles. The van der Waals surface area contributed by atoms with Crippen molar-refractivity contribution in [3.63, 3.8) is 0 Å². The molecule has 0 bridgehead atoms. The number of hydrogen-bond acceptors (Lipinski definition) is 4. The van der Waals surface area contributed by atoms with Crippen LogP contribution in [-0.2, 0) is 4.79 Å². The van der Waals surface area contributed by atoms with E-state index in [1.54, 1.807) is 7.11 Å². The van der Waals surface area contributed by atoms with Gasteiger partial charge in [0, 0.05) is 5.69 Å². The molecule has 2 aromatic carbocycles. The van der Waals surface area contributed by atoms with Crippen molar-refractivity contribution in [3.8, 4) is 11.5 Å². The van der Waals surface area contributed by atoms with Crippen molar-refractivity contribution in [1.29, 1.82) is 0 Å². The molecule has 1 amide bonds. The van der Waals surface area contributed by atoms with E-state index in [0.29, 0.717) is 12.4 Å². The van der Waals surface area contributed by atoms with Gasteiger partial charge in [0.25, 0.3) is 0 Å². The molecule has 2 aromatic rings. The number of ether oxygens (including phenoxy) is 2. The molecular formula is C18H22N2O3. The van der Waals surface area contributed by atoms with Gasteiger partial charge in [-0.2, -0.15) is 0 Å². The first-order chi connectivity index (χ1) is 11.1. The molecule has 5 heteroatoms. The van der Waals surface area contributed by atoms with Crippen molar-refractivity contribution in [2.45, 2.75) is 13.8 Å². The molecular weight excluding hydrogens is 292 g/mol. The second-order valence-electron chi connectivity index (χ2n) is 5.06. The van der Waals surface area contributed by atoms with Crippen LogP contribution in [0.5, 0.6) is 11.5 Å². The average Bonchev–Trinajstić information content (AvgIpc) is 2.55. The number of hydrogen-bond donors (Lipinski definition) is 2. The van der Waals surface area contributed by atoms with Crippen LogP contribution < -0.4 is 20.1 Å². The Morgan fingerprint density at radius 1 is 1.13 bits per heavy atom. The number of carbonyl (C=O) groups is 1. The Labute approximate surface area is 136 Å². The first kappa shape index (κ1) is 16.7. The summed E-state index contributed by atoms with van der Waals surface area (Å²) in [6, 6.07) is 13.1. The van der Waals surface area contributed by atoms with Gasteiger partial charge in [0.2, 0.25) is 5.91 Å². The SMILES string of the molecule is CCOc1ccc(NC(=O)CNc2cc(C)ccc2OC)cc1. The lowest BCUT2D eigenvalue weighted by Crippen LogP contribution is -2.22. The molecule has 0 unspecified atom stereocenters. The van der Waals surface area contributed by atoms with E-state index >= 15 is 0 Å². The molecule has 122 valence electrons. The van der Waals surface area contributed by atoms with Crippen molar-refractivity contribution in [3.05, 3.63) is 48.0 Å². The topological polar surface area (TPSA) is 59.6 Å². The highest BCUT2D eigenvalue weighted by molar-refractivity contribution is 5.94. The number of anilines is 2. The maximum absolute atomic E-state index is 12.0. The highest BCUT2D eigenvalue weighted by Gasteiger charge is 2.06. The minimum atomic E-state index is -0.127. The molecule has 2 N–H and O–H groups in total. The minimum absolute atomic E-state index is 0.127. The highest BCUT2D eigenvalue weighted by atomic mass is 16.5. The largest absolute Gasteiger partial charge is 0.495 e. The third-order valence-electron chi connectivity index (χ3n) is 3.24. The van der Waals surface area contributed by atoms with Crippen LogP contribution in [0.1, 0.15) is 12.5 Å². The van der Waals surface area contributed by atoms with Gasteiger partial charge in [0.15, 0.2) is 0 Å². The van der Waals surface area contributed by atoms with Crippen molar-refractivity contribution >= 4 is 17.3 Å². The monoisotopic (exact) mass is 314 g/mol. The van der Waals surface area contributed by atoms with Crippen molar-refractivity contribution in [2.24, 2.45) is 0 Å². The van der Waals surface area contributed by atoms with E-state index in [9.17, 15) is 4.79 Å². The zero-order valence-electron chi connectivity index (χ0n) is 13.7. The van der Waals surface area contributed by atoms with Crippen molar-refractivity contribution in [1.82, 2.24) is 0 Å². The zero-order chi connectivity index (χ0) is 16.7. The Morgan fingerprint density at radius 2 is 1.87 bits per heavy atom. The first-order valence-electron chi connectivity index (χ1n) is 7.53. The van der Waals surface area contributed by atoms with Gasteiger partial charge >= 0.3 is 0 Å². The van der Waals surface area contributed by atoms with Gasteiger partial charge in [-0.05, 0) is 55.8 Å². The van der Waals surface area contributed by atoms with Crippen LogP contribution in [-0.4, -0.2) is 26.2 Å². The van der Waals surface area contributed by atoms with Gasteiger partial charge in [-0.1, -0.05) is 6.07 Å². The summed E-state index contributed by atoms with van der Waals surface area (Å²) in [5.41, 5.74) is 2.63. The molecule has 0 heterocycles. The van der Waals surface area contributed by atoms with E-state index in [0.717, 1.165) is 22.7 Å². The molecule has 0 atom stereocenters. The van der Waals surface area contributed by atoms with Gasteiger partial charge in [-0.3, -0.25) is 4.79 Å². The summed E-state index contributed by atoms with van der Waals surface area (Å²) >= 11 is 0. The Kier molecular flexibility index (Phi) is 5.86. The molecule has 5 nitrogen and oxygen atoms in total. The molecule has 0 aliphatic carbocycles. The highest BCUT2D eigenvalue weighted by Crippen LogP contribution is 2.25. The van der Waals surface area contributed by atoms with Crippen LogP contribution in [0.4, 0.5) is 11.4 Å². The molecule has 0 saturated heterocycles. The molecule has 0 fully saturated rings. The molecule has 0 spiro atoms. The summed E-state index contributed by atoms with van der Waals surface area (Å²) in [6.45, 7) is 4.70. The summed E-state index contributed by atoms with van der Waals surface area (Å²) in [5, 5.41) is 5.93. The summed E-state index contributed by atoms with van der Waals surface area (Å²) in [6.07, 6.45) is 0. The van der Waals surface area contributed by atoms with Crippen LogP contribution in [0.2, 0.25) is 0 Å². The van der Waals surface area contributed by atoms with Gasteiger partial charge in [-0.25, -0.2) is 0 Å². The predicted molar refractivity (Wildman–Crippen MR) is 92.5 cm³/mol. The standard InChI is InChI=1S/C18H22N2O3/c1-4-23-15-8-6-14(7-9-15)20-18(21)12-19-16-11-13(2)5-10-17(16)22-3/h5-11,19H,4,12H2,1-3H3,(H,20,21). The van der Waals surface area contributed by atoms with Gasteiger partial charge in [0.05, 0.1) is 25.9 Å². The van der Waals surface area contributed by atoms with E-state index < -0.39 is 0 Å². The van der Waals surface area contributed by atoms with E-state index in [-0.39, 0.29) is 12.5 Å². The van der Waals surface area contributed by atoms with Crippen molar-refractivity contribution in [2.75, 3.05) is 30.9 Å². The lowest BCUT2D eigenvalue weighted by Gasteiger charge is -2.12. The first-order valence-corrected chi connectivity index (χ1v) is 7.53. The second-order valence-corrected chi connectivity index (χ2v) is 5.06. The van der Waals surface area contributed by atoms with Gasteiger partial charge in [0.1, 0.15) is 11.5 Å². The predicted octanol–water partition coefficient (Wildman–Crippen LogP) is 3.45. The number of amides is 1. The fourth-order valence-electron chi connectivity index (χ4n) is 2.14. The normalized spacial score (nSPS) is 10.0. The fraction of sp³-hybridized carbons (Fsp3) is 0.278. The molecule has 0 aliphatic heterocycles. The number of benzene rings is 2. The third-order valence-corrected chi connectivity index (χ3v) is 3.24. The quantitative estimate of drug-likeness (QED) is 0.822. The number of aryl methyl sites for hydroxylation is 1. The molecule has 23 heavy (non-hydrogen) atoms. The molecule has 0 aliphatic rings. The maximum Gasteiger partial charge on any atom is 0.243 e.